The van der Waals surface area contributed by atoms with Crippen LogP contribution >= 0.6 is 0 Å². The molecule has 2 heterocycles. The predicted molar refractivity (Wildman–Crippen MR) is 97.5 cm³/mol. The Morgan fingerprint density at radius 3 is 2.68 bits per heavy atom. The van der Waals surface area contributed by atoms with Crippen molar-refractivity contribution in [1.29, 1.82) is 0 Å². The molecule has 2 atom stereocenters. The lowest BCUT2D eigenvalue weighted by molar-refractivity contribution is -0.128. The van der Waals surface area contributed by atoms with Crippen molar-refractivity contribution in [3.63, 3.8) is 0 Å². The van der Waals surface area contributed by atoms with E-state index in [1.165, 1.54) is 5.56 Å². The summed E-state index contributed by atoms with van der Waals surface area (Å²) < 4.78 is 5.45. The number of carbonyl (C=O) groups excluding carboxylic acids is 1. The number of hydrogen-bond acceptors (Lipinski definition) is 4. The van der Waals surface area contributed by atoms with Crippen molar-refractivity contribution in [3.05, 3.63) is 35.4 Å². The van der Waals surface area contributed by atoms with E-state index in [1.807, 2.05) is 0 Å². The number of rotatable bonds is 6. The summed E-state index contributed by atoms with van der Waals surface area (Å²) >= 11 is 0. The molecule has 1 amide bonds. The summed E-state index contributed by atoms with van der Waals surface area (Å²) in [6, 6.07) is 8.42. The fourth-order valence-electron chi connectivity index (χ4n) is 3.99. The number of aliphatic hydroxyl groups excluding tert-OH is 1. The van der Waals surface area contributed by atoms with Crippen molar-refractivity contribution in [1.82, 2.24) is 10.2 Å². The molecule has 2 saturated heterocycles. The first-order chi connectivity index (χ1) is 12.2. The molecule has 25 heavy (non-hydrogen) atoms. The molecule has 2 aliphatic rings. The molecular formula is C20H30N2O3. The monoisotopic (exact) mass is 346 g/mol. The van der Waals surface area contributed by atoms with Gasteiger partial charge < -0.3 is 15.2 Å². The van der Waals surface area contributed by atoms with Crippen LogP contribution in [-0.4, -0.2) is 60.4 Å². The van der Waals surface area contributed by atoms with E-state index in [-0.39, 0.29) is 24.6 Å². The molecule has 2 fully saturated rings. The van der Waals surface area contributed by atoms with E-state index in [2.05, 4.69) is 41.4 Å². The number of nitrogens with one attached hydrogen (secondary N) is 1. The minimum Gasteiger partial charge on any atom is -0.394 e. The molecule has 5 heteroatoms. The fraction of sp³-hybridized carbons (Fsp3) is 0.650. The van der Waals surface area contributed by atoms with Crippen LogP contribution in [0.1, 0.15) is 36.8 Å². The summed E-state index contributed by atoms with van der Waals surface area (Å²) in [5, 5.41) is 12.8. The maximum Gasteiger partial charge on any atom is 0.237 e. The Morgan fingerprint density at radius 1 is 1.28 bits per heavy atom. The maximum absolute atomic E-state index is 12.8. The van der Waals surface area contributed by atoms with Crippen molar-refractivity contribution < 1.29 is 14.6 Å². The van der Waals surface area contributed by atoms with Gasteiger partial charge in [0.15, 0.2) is 0 Å². The van der Waals surface area contributed by atoms with Crippen LogP contribution in [0.2, 0.25) is 0 Å². The third kappa shape index (κ3) is 4.81. The standard InChI is InChI=1S/C20H30N2O3/c1-15-4-6-16(7-5-15)13-17(14-23)21-20(24)19-3-2-10-22(19)18-8-11-25-12-9-18/h4-7,17-19,23H,2-3,8-14H2,1H3,(H,21,24)/t17-,19+/m0/s1. The first kappa shape index (κ1) is 18.4. The highest BCUT2D eigenvalue weighted by Gasteiger charge is 2.36. The van der Waals surface area contributed by atoms with E-state index >= 15 is 0 Å². The van der Waals surface area contributed by atoms with Gasteiger partial charge in [0.05, 0.1) is 18.7 Å². The predicted octanol–water partition coefficient (Wildman–Crippen LogP) is 1.66. The van der Waals surface area contributed by atoms with E-state index < -0.39 is 0 Å². The van der Waals surface area contributed by atoms with E-state index in [9.17, 15) is 9.90 Å². The normalized spacial score (nSPS) is 23.5. The topological polar surface area (TPSA) is 61.8 Å². The number of aliphatic hydroxyl groups is 1. The molecule has 5 nitrogen and oxygen atoms in total. The summed E-state index contributed by atoms with van der Waals surface area (Å²) in [6.07, 6.45) is 4.66. The zero-order valence-corrected chi connectivity index (χ0v) is 15.1. The second kappa shape index (κ2) is 8.79. The van der Waals surface area contributed by atoms with Gasteiger partial charge in [0, 0.05) is 19.3 Å². The van der Waals surface area contributed by atoms with Crippen molar-refractivity contribution >= 4 is 5.91 Å². The molecule has 0 radical (unpaired) electrons. The smallest absolute Gasteiger partial charge is 0.237 e. The molecule has 0 saturated carbocycles. The van der Waals surface area contributed by atoms with Crippen LogP contribution in [0.15, 0.2) is 24.3 Å². The molecule has 0 spiro atoms. The highest BCUT2D eigenvalue weighted by atomic mass is 16.5. The number of likely N-dealkylation sites (tertiary alicyclic amines) is 1. The summed E-state index contributed by atoms with van der Waals surface area (Å²) in [5.74, 6) is 0.0650. The SMILES string of the molecule is Cc1ccc(C[C@@H](CO)NC(=O)[C@H]2CCCN2C2CCOCC2)cc1. The Hall–Kier alpha value is -1.43. The van der Waals surface area contributed by atoms with Crippen LogP contribution in [0.5, 0.6) is 0 Å². The second-order valence-corrected chi connectivity index (χ2v) is 7.32. The Labute approximate surface area is 150 Å². The van der Waals surface area contributed by atoms with Gasteiger partial charge in [-0.25, -0.2) is 0 Å². The van der Waals surface area contributed by atoms with E-state index in [0.29, 0.717) is 12.5 Å². The Morgan fingerprint density at radius 2 is 2.00 bits per heavy atom. The second-order valence-electron chi connectivity index (χ2n) is 7.32. The Balaban J connectivity index is 1.57. The number of benzene rings is 1. The molecule has 0 unspecified atom stereocenters. The van der Waals surface area contributed by atoms with Gasteiger partial charge in [-0.15, -0.1) is 0 Å². The van der Waals surface area contributed by atoms with E-state index in [1.54, 1.807) is 0 Å². The van der Waals surface area contributed by atoms with Crippen molar-refractivity contribution in [2.75, 3.05) is 26.4 Å². The molecule has 1 aromatic rings. The number of hydrogen-bond donors (Lipinski definition) is 2. The molecule has 138 valence electrons. The largest absolute Gasteiger partial charge is 0.394 e. The minimum atomic E-state index is -0.229. The average molecular weight is 346 g/mol. The number of ether oxygens (including phenoxy) is 1. The summed E-state index contributed by atoms with van der Waals surface area (Å²) in [6.45, 7) is 4.60. The average Bonchev–Trinajstić information content (AvgIpc) is 3.13. The van der Waals surface area contributed by atoms with Gasteiger partial charge in [0.1, 0.15) is 0 Å². The van der Waals surface area contributed by atoms with Gasteiger partial charge in [-0.3, -0.25) is 9.69 Å². The van der Waals surface area contributed by atoms with E-state index in [4.69, 9.17) is 4.74 Å². The van der Waals surface area contributed by atoms with Crippen molar-refractivity contribution in [3.8, 4) is 0 Å². The first-order valence-corrected chi connectivity index (χ1v) is 9.47. The zero-order chi connectivity index (χ0) is 17.6. The molecular weight excluding hydrogens is 316 g/mol. The number of nitrogens with zero attached hydrogens (tertiary/aromatic N) is 1. The summed E-state index contributed by atoms with van der Waals surface area (Å²) in [5.41, 5.74) is 2.35. The van der Waals surface area contributed by atoms with Crippen LogP contribution in [0.4, 0.5) is 0 Å². The Bertz CT molecular complexity index is 555. The van der Waals surface area contributed by atoms with Gasteiger partial charge >= 0.3 is 0 Å². The number of carbonyl (C=O) groups is 1. The van der Waals surface area contributed by atoms with Crippen LogP contribution < -0.4 is 5.32 Å². The molecule has 1 aromatic carbocycles. The lowest BCUT2D eigenvalue weighted by Crippen LogP contribution is -2.52. The van der Waals surface area contributed by atoms with Crippen LogP contribution in [-0.2, 0) is 16.0 Å². The van der Waals surface area contributed by atoms with Crippen LogP contribution in [0.25, 0.3) is 0 Å². The highest BCUT2D eigenvalue weighted by Crippen LogP contribution is 2.25. The first-order valence-electron chi connectivity index (χ1n) is 9.47. The third-order valence-electron chi connectivity index (χ3n) is 5.43. The molecule has 3 rings (SSSR count). The molecule has 2 N–H and O–H groups in total. The number of amides is 1. The van der Waals surface area contributed by atoms with Gasteiger partial charge in [0.25, 0.3) is 0 Å². The summed E-state index contributed by atoms with van der Waals surface area (Å²) in [7, 11) is 0. The molecule has 0 bridgehead atoms. The van der Waals surface area contributed by atoms with Gasteiger partial charge in [-0.1, -0.05) is 29.8 Å². The van der Waals surface area contributed by atoms with Gasteiger partial charge in [-0.05, 0) is 51.1 Å². The van der Waals surface area contributed by atoms with Gasteiger partial charge in [0.2, 0.25) is 5.91 Å². The quantitative estimate of drug-likeness (QED) is 0.822. The highest BCUT2D eigenvalue weighted by molar-refractivity contribution is 5.82. The van der Waals surface area contributed by atoms with Crippen molar-refractivity contribution in [2.24, 2.45) is 0 Å². The minimum absolute atomic E-state index is 0.0381. The molecule has 2 aliphatic heterocycles. The lowest BCUT2D eigenvalue weighted by Gasteiger charge is -2.35. The third-order valence-corrected chi connectivity index (χ3v) is 5.43. The molecule has 0 aromatic heterocycles. The number of aryl methyl sites for hydroxylation is 1. The van der Waals surface area contributed by atoms with Crippen LogP contribution in [0.3, 0.4) is 0 Å². The van der Waals surface area contributed by atoms with Crippen molar-refractivity contribution in [2.45, 2.75) is 57.2 Å². The molecule has 0 aliphatic carbocycles. The van der Waals surface area contributed by atoms with Gasteiger partial charge in [-0.2, -0.15) is 0 Å². The maximum atomic E-state index is 12.8. The van der Waals surface area contributed by atoms with Crippen LogP contribution in [0, 0.1) is 6.92 Å². The Kier molecular flexibility index (Phi) is 6.45. The zero-order valence-electron chi connectivity index (χ0n) is 15.1. The summed E-state index contributed by atoms with van der Waals surface area (Å²) in [4.78, 5) is 15.2. The lowest BCUT2D eigenvalue weighted by atomic mass is 10.0. The van der Waals surface area contributed by atoms with E-state index in [0.717, 1.165) is 51.0 Å². The fourth-order valence-corrected chi connectivity index (χ4v) is 3.99.